The highest BCUT2D eigenvalue weighted by molar-refractivity contribution is 5.82. The molecule has 1 aliphatic rings. The molecule has 0 aliphatic carbocycles. The zero-order valence-corrected chi connectivity index (χ0v) is 26.4. The van der Waals surface area contributed by atoms with Crippen LogP contribution in [-0.4, -0.2) is 40.6 Å². The van der Waals surface area contributed by atoms with Crippen LogP contribution in [0, 0.1) is 0 Å². The first kappa shape index (κ1) is 33.0. The smallest absolute Gasteiger partial charge is 0.303 e. The van der Waals surface area contributed by atoms with E-state index in [4.69, 9.17) is 14.2 Å². The van der Waals surface area contributed by atoms with Crippen LogP contribution in [0.25, 0.3) is 0 Å². The number of nitrogens with one attached hydrogen (secondary N) is 1. The molecule has 4 atom stereocenters. The fourth-order valence-electron chi connectivity index (χ4n) is 5.62. The Morgan fingerprint density at radius 1 is 0.804 bits per heavy atom. The summed E-state index contributed by atoms with van der Waals surface area (Å²) in [6.45, 7) is 5.39. The van der Waals surface area contributed by atoms with Gasteiger partial charge in [0.1, 0.15) is 0 Å². The van der Waals surface area contributed by atoms with Gasteiger partial charge in [-0.25, -0.2) is 0 Å². The van der Waals surface area contributed by atoms with E-state index in [1.54, 1.807) is 6.92 Å². The standard InChI is InChI=1S/C38H42N2O6/c1-27(44-28(2)42)37(43)39-22-29-13-19-34(20-14-29)38-45-35(21-36(46-38)33-17-15-32(26-41)16-18-33)25-40(23-30-9-5-3-6-10-30)24-31-11-7-4-8-12-31/h3-20,27,35-36,38,41H,21-26H2,1-2H3,(H,39,43)/t27-,35+,36-,38-/m0/s1. The summed E-state index contributed by atoms with van der Waals surface area (Å²) in [5.41, 5.74) is 6.14. The lowest BCUT2D eigenvalue weighted by Gasteiger charge is -2.38. The summed E-state index contributed by atoms with van der Waals surface area (Å²) in [6, 6.07) is 36.6. The average Bonchev–Trinajstić information content (AvgIpc) is 3.08. The molecule has 1 heterocycles. The van der Waals surface area contributed by atoms with Gasteiger partial charge in [0.05, 0.1) is 18.8 Å². The van der Waals surface area contributed by atoms with Gasteiger partial charge in [0.15, 0.2) is 12.4 Å². The average molecular weight is 623 g/mol. The van der Waals surface area contributed by atoms with E-state index in [9.17, 15) is 14.7 Å². The lowest BCUT2D eigenvalue weighted by Crippen LogP contribution is -2.39. The van der Waals surface area contributed by atoms with E-state index in [0.717, 1.165) is 35.3 Å². The number of ether oxygens (including phenoxy) is 3. The molecule has 0 spiro atoms. The monoisotopic (exact) mass is 622 g/mol. The zero-order chi connectivity index (χ0) is 32.3. The van der Waals surface area contributed by atoms with Crippen molar-refractivity contribution in [2.24, 2.45) is 0 Å². The number of benzene rings is 4. The first-order chi connectivity index (χ1) is 22.4. The molecule has 1 saturated heterocycles. The lowest BCUT2D eigenvalue weighted by atomic mass is 9.99. The second kappa shape index (κ2) is 16.3. The first-order valence-electron chi connectivity index (χ1n) is 15.7. The van der Waals surface area contributed by atoms with Crippen molar-refractivity contribution in [2.75, 3.05) is 6.54 Å². The van der Waals surface area contributed by atoms with Gasteiger partial charge in [-0.15, -0.1) is 0 Å². The maximum atomic E-state index is 12.3. The summed E-state index contributed by atoms with van der Waals surface area (Å²) in [7, 11) is 0. The summed E-state index contributed by atoms with van der Waals surface area (Å²) >= 11 is 0. The molecule has 1 aliphatic heterocycles. The molecule has 5 rings (SSSR count). The first-order valence-corrected chi connectivity index (χ1v) is 15.7. The molecule has 2 N–H and O–H groups in total. The molecule has 0 bridgehead atoms. The summed E-state index contributed by atoms with van der Waals surface area (Å²) < 4.78 is 18.2. The molecule has 8 heteroatoms. The van der Waals surface area contributed by atoms with E-state index < -0.39 is 18.4 Å². The van der Waals surface area contributed by atoms with Crippen LogP contribution in [0.1, 0.15) is 66.0 Å². The molecule has 1 fully saturated rings. The van der Waals surface area contributed by atoms with Crippen LogP contribution in [0.3, 0.4) is 0 Å². The van der Waals surface area contributed by atoms with E-state index in [2.05, 4.69) is 58.7 Å². The van der Waals surface area contributed by atoms with Gasteiger partial charge in [0.2, 0.25) is 0 Å². The Hall–Kier alpha value is -4.34. The summed E-state index contributed by atoms with van der Waals surface area (Å²) in [6.07, 6.45) is -1.09. The molecule has 8 nitrogen and oxygen atoms in total. The molecule has 0 unspecified atom stereocenters. The van der Waals surface area contributed by atoms with Crippen molar-refractivity contribution in [2.45, 2.75) is 71.1 Å². The number of nitrogens with zero attached hydrogens (tertiary/aromatic N) is 1. The number of rotatable bonds is 13. The van der Waals surface area contributed by atoms with E-state index in [1.807, 2.05) is 60.7 Å². The van der Waals surface area contributed by atoms with Gasteiger partial charge in [-0.3, -0.25) is 14.5 Å². The minimum Gasteiger partial charge on any atom is -0.453 e. The van der Waals surface area contributed by atoms with Gasteiger partial charge in [0.25, 0.3) is 5.91 Å². The molecule has 4 aromatic carbocycles. The third kappa shape index (κ3) is 9.58. The number of carbonyl (C=O) groups excluding carboxylic acids is 2. The number of amides is 1. The van der Waals surface area contributed by atoms with Crippen LogP contribution in [0.4, 0.5) is 0 Å². The number of hydrogen-bond donors (Lipinski definition) is 2. The van der Waals surface area contributed by atoms with E-state index in [-0.39, 0.29) is 24.7 Å². The Morgan fingerprint density at radius 2 is 1.37 bits per heavy atom. The predicted molar refractivity (Wildman–Crippen MR) is 175 cm³/mol. The van der Waals surface area contributed by atoms with E-state index in [1.165, 1.54) is 18.1 Å². The van der Waals surface area contributed by atoms with E-state index in [0.29, 0.717) is 19.5 Å². The highest BCUT2D eigenvalue weighted by Gasteiger charge is 2.33. The molecule has 0 radical (unpaired) electrons. The summed E-state index contributed by atoms with van der Waals surface area (Å²) in [5, 5.41) is 12.4. The Labute approximate surface area is 270 Å². The Kier molecular flexibility index (Phi) is 11.7. The van der Waals surface area contributed by atoms with Gasteiger partial charge in [-0.05, 0) is 34.7 Å². The lowest BCUT2D eigenvalue weighted by molar-refractivity contribution is -0.253. The highest BCUT2D eigenvalue weighted by atomic mass is 16.7. The van der Waals surface area contributed by atoms with Crippen molar-refractivity contribution in [3.05, 3.63) is 143 Å². The normalized spacial score (nSPS) is 18.6. The molecule has 0 aromatic heterocycles. The molecule has 240 valence electrons. The largest absolute Gasteiger partial charge is 0.453 e. The number of esters is 1. The Bertz CT molecular complexity index is 1490. The van der Waals surface area contributed by atoms with Crippen LogP contribution in [0.15, 0.2) is 109 Å². The van der Waals surface area contributed by atoms with Gasteiger partial charge < -0.3 is 24.6 Å². The predicted octanol–water partition coefficient (Wildman–Crippen LogP) is 5.99. The number of carbonyl (C=O) groups is 2. The summed E-state index contributed by atoms with van der Waals surface area (Å²) in [5.74, 6) is -0.852. The SMILES string of the molecule is CC(=O)O[C@@H](C)C(=O)NCc1ccc([C@H]2O[C@@H](CN(Cc3ccccc3)Cc3ccccc3)C[C@@H](c3ccc(CO)cc3)O2)cc1. The van der Waals surface area contributed by atoms with Gasteiger partial charge >= 0.3 is 5.97 Å². The Morgan fingerprint density at radius 3 is 1.93 bits per heavy atom. The fourth-order valence-corrected chi connectivity index (χ4v) is 5.62. The van der Waals surface area contributed by atoms with Crippen LogP contribution in [-0.2, 0) is 50.0 Å². The minimum atomic E-state index is -0.857. The minimum absolute atomic E-state index is 0.0104. The second-order valence-corrected chi connectivity index (χ2v) is 11.7. The van der Waals surface area contributed by atoms with Gasteiger partial charge in [-0.1, -0.05) is 109 Å². The molecular formula is C38H42N2O6. The second-order valence-electron chi connectivity index (χ2n) is 11.7. The van der Waals surface area contributed by atoms with Crippen molar-refractivity contribution < 1.29 is 28.9 Å². The quantitative estimate of drug-likeness (QED) is 0.177. The molecule has 1 amide bonds. The van der Waals surface area contributed by atoms with E-state index >= 15 is 0 Å². The van der Waals surface area contributed by atoms with Crippen LogP contribution in [0.5, 0.6) is 0 Å². The molecule has 46 heavy (non-hydrogen) atoms. The van der Waals surface area contributed by atoms with Gasteiger partial charge in [-0.2, -0.15) is 0 Å². The Balaban J connectivity index is 1.33. The van der Waals surface area contributed by atoms with Crippen molar-refractivity contribution in [3.63, 3.8) is 0 Å². The maximum absolute atomic E-state index is 12.3. The fraction of sp³-hybridized carbons (Fsp3) is 0.316. The molecular weight excluding hydrogens is 580 g/mol. The number of aliphatic hydroxyl groups excluding tert-OH is 1. The van der Waals surface area contributed by atoms with Crippen LogP contribution < -0.4 is 5.32 Å². The summed E-state index contributed by atoms with van der Waals surface area (Å²) in [4.78, 5) is 25.9. The highest BCUT2D eigenvalue weighted by Crippen LogP contribution is 2.38. The third-order valence-corrected chi connectivity index (χ3v) is 8.01. The topological polar surface area (TPSA) is 97.3 Å². The van der Waals surface area contributed by atoms with Crippen LogP contribution >= 0.6 is 0 Å². The van der Waals surface area contributed by atoms with Gasteiger partial charge in [0, 0.05) is 45.1 Å². The van der Waals surface area contributed by atoms with Crippen molar-refractivity contribution in [1.82, 2.24) is 10.2 Å². The van der Waals surface area contributed by atoms with Crippen molar-refractivity contribution in [3.8, 4) is 0 Å². The third-order valence-electron chi connectivity index (χ3n) is 8.01. The number of hydrogen-bond acceptors (Lipinski definition) is 7. The molecule has 0 saturated carbocycles. The van der Waals surface area contributed by atoms with Crippen molar-refractivity contribution in [1.29, 1.82) is 0 Å². The number of aliphatic hydroxyl groups is 1. The van der Waals surface area contributed by atoms with Crippen LogP contribution in [0.2, 0.25) is 0 Å². The molecule has 4 aromatic rings. The maximum Gasteiger partial charge on any atom is 0.303 e. The zero-order valence-electron chi connectivity index (χ0n) is 26.4. The van der Waals surface area contributed by atoms with Crippen molar-refractivity contribution >= 4 is 11.9 Å².